The molecule has 1 atom stereocenters. The van der Waals surface area contributed by atoms with Gasteiger partial charge < -0.3 is 20.1 Å². The van der Waals surface area contributed by atoms with E-state index in [-0.39, 0.29) is 80.5 Å². The van der Waals surface area contributed by atoms with Gasteiger partial charge in [-0.1, -0.05) is 36.2 Å². The van der Waals surface area contributed by atoms with Crippen LogP contribution in [-0.4, -0.2) is 98.6 Å². The maximum Gasteiger partial charge on any atom is 0.419 e. The number of likely N-dealkylation sites (tertiary alicyclic amines) is 1. The fourth-order valence-electron chi connectivity index (χ4n) is 9.41. The van der Waals surface area contributed by atoms with Crippen LogP contribution in [0.25, 0.3) is 21.8 Å². The van der Waals surface area contributed by atoms with Crippen molar-refractivity contribution in [1.29, 1.82) is 0 Å². The summed E-state index contributed by atoms with van der Waals surface area (Å²) in [5.74, 6) is -2.79. The Morgan fingerprint density at radius 2 is 1.67 bits per heavy atom. The number of unbranched alkanes of at least 4 members (excludes halogenated alkanes) is 1. The van der Waals surface area contributed by atoms with E-state index < -0.39 is 29.1 Å². The van der Waals surface area contributed by atoms with Crippen LogP contribution in [0, 0.1) is 11.7 Å². The molecule has 2 saturated heterocycles. The Balaban J connectivity index is 0.893. The maximum atomic E-state index is 14.3. The first kappa shape index (κ1) is 47.2. The SMILES string of the molecule is O=C(CCN1CCOCC1)Nc1ccc2c(=O)n(CC3(O)CCN(C(=O)C(CCCCC(=O)c4ccc5c(Cl)c6c(nc5c4)CCCC6)Cc4ccc(F)c(C(F)(F)F)c4)CC3)cnc2c1. The minimum Gasteiger partial charge on any atom is -0.388 e. The van der Waals surface area contributed by atoms with Crippen LogP contribution in [0.4, 0.5) is 23.2 Å². The molecule has 2 fully saturated rings. The van der Waals surface area contributed by atoms with E-state index in [1.807, 2.05) is 6.07 Å². The predicted molar refractivity (Wildman–Crippen MR) is 242 cm³/mol. The van der Waals surface area contributed by atoms with Crippen LogP contribution < -0.4 is 10.9 Å². The molecule has 2 amide bonds. The Hall–Kier alpha value is -5.29. The molecular weight excluding hydrogens is 880 g/mol. The minimum absolute atomic E-state index is 0.0870. The van der Waals surface area contributed by atoms with Gasteiger partial charge in [0, 0.05) is 73.8 Å². The number of Topliss-reactive ketones (excluding diaryl/α,β-unsaturated/α-hetero) is 1. The molecule has 4 heterocycles. The number of carbonyl (C=O) groups excluding carboxylic acids is 3. The van der Waals surface area contributed by atoms with E-state index in [9.17, 15) is 41.8 Å². The number of ketones is 1. The highest BCUT2D eigenvalue weighted by molar-refractivity contribution is 6.36. The second kappa shape index (κ2) is 20.3. The number of anilines is 1. The van der Waals surface area contributed by atoms with E-state index in [2.05, 4.69) is 15.2 Å². The highest BCUT2D eigenvalue weighted by Crippen LogP contribution is 2.35. The number of fused-ring (bicyclic) bond motifs is 3. The summed E-state index contributed by atoms with van der Waals surface area (Å²) >= 11 is 6.74. The Kier molecular flexibility index (Phi) is 14.5. The van der Waals surface area contributed by atoms with Crippen LogP contribution in [0.1, 0.15) is 90.5 Å². The van der Waals surface area contributed by atoms with E-state index >= 15 is 0 Å². The first-order valence-corrected chi connectivity index (χ1v) is 23.1. The number of aromatic nitrogens is 3. The van der Waals surface area contributed by atoms with Crippen molar-refractivity contribution in [2.75, 3.05) is 51.3 Å². The summed E-state index contributed by atoms with van der Waals surface area (Å²) in [6.45, 7) is 3.59. The molecule has 17 heteroatoms. The van der Waals surface area contributed by atoms with Crippen LogP contribution in [-0.2, 0) is 46.3 Å². The number of amides is 2. The van der Waals surface area contributed by atoms with Crippen molar-refractivity contribution in [3.05, 3.63) is 110 Å². The molecule has 2 aromatic heterocycles. The van der Waals surface area contributed by atoms with Gasteiger partial charge in [0.1, 0.15) is 5.82 Å². The van der Waals surface area contributed by atoms with Crippen molar-refractivity contribution in [3.63, 3.8) is 0 Å². The molecule has 3 aliphatic rings. The minimum atomic E-state index is -4.92. The topological polar surface area (TPSA) is 147 Å². The van der Waals surface area contributed by atoms with Crippen LogP contribution in [0.2, 0.25) is 5.02 Å². The Bertz CT molecular complexity index is 2680. The number of halogens is 5. The fraction of sp³-hybridized carbons (Fsp3) is 0.469. The number of nitrogens with one attached hydrogen (secondary N) is 1. The smallest absolute Gasteiger partial charge is 0.388 e. The van der Waals surface area contributed by atoms with Gasteiger partial charge in [0.2, 0.25) is 11.8 Å². The summed E-state index contributed by atoms with van der Waals surface area (Å²) in [6.07, 6.45) is 1.93. The van der Waals surface area contributed by atoms with E-state index in [0.717, 1.165) is 67.5 Å². The third-order valence-corrected chi connectivity index (χ3v) is 13.7. The number of piperidine rings is 1. The second-order valence-electron chi connectivity index (χ2n) is 17.9. The van der Waals surface area contributed by atoms with Crippen molar-refractivity contribution >= 4 is 56.7 Å². The van der Waals surface area contributed by atoms with Crippen LogP contribution in [0.5, 0.6) is 0 Å². The number of morpholine rings is 1. The molecule has 0 radical (unpaired) electrons. The lowest BCUT2D eigenvalue weighted by molar-refractivity contribution is -0.140. The average Bonchev–Trinajstić information content (AvgIpc) is 3.30. The number of benzene rings is 3. The summed E-state index contributed by atoms with van der Waals surface area (Å²) in [5, 5.41) is 16.3. The first-order chi connectivity index (χ1) is 31.6. The number of hydrogen-bond donors (Lipinski definition) is 2. The van der Waals surface area contributed by atoms with E-state index in [1.54, 1.807) is 35.2 Å². The van der Waals surface area contributed by atoms with Crippen LogP contribution >= 0.6 is 11.6 Å². The molecule has 2 aliphatic heterocycles. The van der Waals surface area contributed by atoms with Gasteiger partial charge in [-0.05, 0) is 105 Å². The molecule has 5 aromatic rings. The molecule has 350 valence electrons. The maximum absolute atomic E-state index is 14.3. The lowest BCUT2D eigenvalue weighted by Crippen LogP contribution is -2.51. The number of carbonyl (C=O) groups is 3. The standard InChI is InChI=1S/C49H53ClF4N6O6/c50-45-35-6-2-3-7-40(35)57-42-27-32(10-12-36(42)45)43(61)8-4-1-5-33(25-31-9-14-39(51)38(26-31)49(52,53)54)46(63)59-19-16-48(65,17-20-59)29-60-30-55-41-28-34(11-13-37(41)47(60)64)56-44(62)15-18-58-21-23-66-24-22-58/h9-14,26-28,30,33,65H,1-8,15-25,29H2,(H,56,62). The number of hydrogen-bond acceptors (Lipinski definition) is 9. The predicted octanol–water partition coefficient (Wildman–Crippen LogP) is 7.95. The van der Waals surface area contributed by atoms with Crippen molar-refractivity contribution in [1.82, 2.24) is 24.3 Å². The Morgan fingerprint density at radius 1 is 0.909 bits per heavy atom. The fourth-order valence-corrected chi connectivity index (χ4v) is 9.77. The number of aryl methyl sites for hydroxylation is 1. The molecule has 0 saturated carbocycles. The van der Waals surface area contributed by atoms with Gasteiger partial charge in [0.25, 0.3) is 5.56 Å². The van der Waals surface area contributed by atoms with Crippen LogP contribution in [0.3, 0.4) is 0 Å². The van der Waals surface area contributed by atoms with Gasteiger partial charge in [-0.3, -0.25) is 33.6 Å². The monoisotopic (exact) mass is 932 g/mol. The highest BCUT2D eigenvalue weighted by Gasteiger charge is 2.38. The van der Waals surface area contributed by atoms with Gasteiger partial charge in [-0.15, -0.1) is 0 Å². The zero-order chi connectivity index (χ0) is 46.6. The lowest BCUT2D eigenvalue weighted by atomic mass is 9.87. The van der Waals surface area contributed by atoms with E-state index in [4.69, 9.17) is 21.3 Å². The zero-order valence-electron chi connectivity index (χ0n) is 36.6. The highest BCUT2D eigenvalue weighted by atomic mass is 35.5. The number of nitrogens with zero attached hydrogens (tertiary/aromatic N) is 5. The lowest BCUT2D eigenvalue weighted by Gasteiger charge is -2.39. The molecule has 2 N–H and O–H groups in total. The largest absolute Gasteiger partial charge is 0.419 e. The number of rotatable bonds is 15. The number of aliphatic hydroxyl groups is 1. The number of alkyl halides is 3. The Labute approximate surface area is 384 Å². The van der Waals surface area contributed by atoms with Crippen molar-refractivity contribution in [3.8, 4) is 0 Å². The third kappa shape index (κ3) is 11.1. The molecule has 8 rings (SSSR count). The van der Waals surface area contributed by atoms with Gasteiger partial charge >= 0.3 is 6.18 Å². The average molecular weight is 933 g/mol. The van der Waals surface area contributed by atoms with E-state index in [0.29, 0.717) is 71.7 Å². The Morgan fingerprint density at radius 3 is 2.44 bits per heavy atom. The van der Waals surface area contributed by atoms with Crippen molar-refractivity contribution < 1.29 is 41.8 Å². The number of pyridine rings is 1. The summed E-state index contributed by atoms with van der Waals surface area (Å²) in [6, 6.07) is 12.9. The van der Waals surface area contributed by atoms with Crippen molar-refractivity contribution in [2.45, 2.75) is 95.4 Å². The zero-order valence-corrected chi connectivity index (χ0v) is 37.4. The first-order valence-electron chi connectivity index (χ1n) is 22.7. The summed E-state index contributed by atoms with van der Waals surface area (Å²) < 4.78 is 62.0. The third-order valence-electron chi connectivity index (χ3n) is 13.2. The van der Waals surface area contributed by atoms with Crippen LogP contribution in [0.15, 0.2) is 65.7 Å². The molecule has 1 unspecified atom stereocenters. The molecule has 12 nitrogen and oxygen atoms in total. The normalized spacial score (nSPS) is 17.2. The van der Waals surface area contributed by atoms with Gasteiger partial charge in [0.15, 0.2) is 5.78 Å². The van der Waals surface area contributed by atoms with Gasteiger partial charge in [-0.25, -0.2) is 9.37 Å². The molecule has 0 bridgehead atoms. The second-order valence-corrected chi connectivity index (χ2v) is 18.3. The van der Waals surface area contributed by atoms with Gasteiger partial charge in [0.05, 0.1) is 58.7 Å². The quantitative estimate of drug-likeness (QED) is 0.0607. The molecule has 0 spiro atoms. The summed E-state index contributed by atoms with van der Waals surface area (Å²) in [4.78, 5) is 66.8. The van der Waals surface area contributed by atoms with E-state index in [1.165, 1.54) is 17.0 Å². The van der Waals surface area contributed by atoms with Gasteiger partial charge in [-0.2, -0.15) is 13.2 Å². The molecule has 66 heavy (non-hydrogen) atoms. The molecule has 3 aromatic carbocycles. The number of ether oxygens (including phenoxy) is 1. The molecule has 1 aliphatic carbocycles. The molecular formula is C49H53ClF4N6O6. The van der Waals surface area contributed by atoms with Crippen molar-refractivity contribution in [2.24, 2.45) is 5.92 Å². The summed E-state index contributed by atoms with van der Waals surface area (Å²) in [7, 11) is 0. The summed E-state index contributed by atoms with van der Waals surface area (Å²) in [5.41, 5.74) is 1.06.